The van der Waals surface area contributed by atoms with Gasteiger partial charge in [-0.2, -0.15) is 18.2 Å². The van der Waals surface area contributed by atoms with Crippen LogP contribution in [0.25, 0.3) is 11.4 Å². The predicted molar refractivity (Wildman–Crippen MR) is 96.1 cm³/mol. The number of halogens is 4. The minimum Gasteiger partial charge on any atom is -0.488 e. The molecule has 0 aliphatic carbocycles. The van der Waals surface area contributed by atoms with Crippen molar-refractivity contribution in [3.05, 3.63) is 65.8 Å². The Morgan fingerprint density at radius 1 is 1.17 bits per heavy atom. The van der Waals surface area contributed by atoms with Crippen molar-refractivity contribution in [2.24, 2.45) is 0 Å². The van der Waals surface area contributed by atoms with E-state index in [0.717, 1.165) is 0 Å². The van der Waals surface area contributed by atoms with E-state index in [-0.39, 0.29) is 17.8 Å². The molecular formula is C20H15F4N3O3. The largest absolute Gasteiger partial charge is 0.488 e. The molecule has 2 heterocycles. The summed E-state index contributed by atoms with van der Waals surface area (Å²) in [6.45, 7) is 0.807. The third kappa shape index (κ3) is 4.27. The molecule has 1 saturated heterocycles. The second-order valence-corrected chi connectivity index (χ2v) is 6.74. The second kappa shape index (κ2) is 7.77. The Labute approximate surface area is 168 Å². The van der Waals surface area contributed by atoms with E-state index in [1.807, 2.05) is 0 Å². The molecule has 0 N–H and O–H groups in total. The van der Waals surface area contributed by atoms with Gasteiger partial charge in [-0.3, -0.25) is 4.79 Å². The monoisotopic (exact) mass is 421 g/mol. The minimum atomic E-state index is -4.72. The molecular weight excluding hydrogens is 406 g/mol. The number of aromatic nitrogens is 2. The fourth-order valence-electron chi connectivity index (χ4n) is 3.14. The van der Waals surface area contributed by atoms with Gasteiger partial charge in [0.25, 0.3) is 5.91 Å². The van der Waals surface area contributed by atoms with Gasteiger partial charge in [0.15, 0.2) is 0 Å². The number of alkyl halides is 3. The summed E-state index contributed by atoms with van der Waals surface area (Å²) < 4.78 is 61.1. The molecule has 0 unspecified atom stereocenters. The van der Waals surface area contributed by atoms with Crippen LogP contribution in [0, 0.1) is 5.82 Å². The molecule has 156 valence electrons. The summed E-state index contributed by atoms with van der Waals surface area (Å²) >= 11 is 0. The van der Waals surface area contributed by atoms with E-state index in [2.05, 4.69) is 14.7 Å². The Hall–Kier alpha value is -3.43. The highest BCUT2D eigenvalue weighted by Crippen LogP contribution is 2.30. The Kier molecular flexibility index (Phi) is 5.15. The van der Waals surface area contributed by atoms with Crippen LogP contribution in [-0.4, -0.2) is 40.1 Å². The standard InChI is InChI=1S/C20H15F4N3O3/c21-14-6-4-12(5-7-14)18(28)27-9-8-16(11-27)29-15-3-1-2-13(10-15)17-25-19(30-26-17)20(22,23)24/h1-7,10,16H,8-9,11H2/t16-/m0/s1. The van der Waals surface area contributed by atoms with E-state index in [4.69, 9.17) is 4.74 Å². The quantitative estimate of drug-likeness (QED) is 0.591. The van der Waals surface area contributed by atoms with Crippen LogP contribution >= 0.6 is 0 Å². The lowest BCUT2D eigenvalue weighted by Crippen LogP contribution is -2.30. The van der Waals surface area contributed by atoms with Crippen LogP contribution in [0.15, 0.2) is 53.1 Å². The zero-order valence-electron chi connectivity index (χ0n) is 15.4. The first-order chi connectivity index (χ1) is 14.3. The van der Waals surface area contributed by atoms with Gasteiger partial charge in [0.05, 0.1) is 6.54 Å². The number of hydrogen-bond acceptors (Lipinski definition) is 5. The van der Waals surface area contributed by atoms with Gasteiger partial charge in [0.2, 0.25) is 5.82 Å². The summed E-state index contributed by atoms with van der Waals surface area (Å²) in [5.41, 5.74) is 0.695. The normalized spacial score (nSPS) is 16.7. The molecule has 3 aromatic rings. The average molecular weight is 421 g/mol. The summed E-state index contributed by atoms with van der Waals surface area (Å²) in [7, 11) is 0. The second-order valence-electron chi connectivity index (χ2n) is 6.74. The smallest absolute Gasteiger partial charge is 0.471 e. The number of rotatable bonds is 4. The van der Waals surface area contributed by atoms with Crippen molar-refractivity contribution < 1.29 is 31.6 Å². The maximum absolute atomic E-state index is 13.0. The highest BCUT2D eigenvalue weighted by atomic mass is 19.4. The first-order valence-corrected chi connectivity index (χ1v) is 9.02. The van der Waals surface area contributed by atoms with Crippen molar-refractivity contribution in [3.8, 4) is 17.1 Å². The Morgan fingerprint density at radius 3 is 2.63 bits per heavy atom. The van der Waals surface area contributed by atoms with E-state index < -0.39 is 17.9 Å². The minimum absolute atomic E-state index is 0.202. The lowest BCUT2D eigenvalue weighted by molar-refractivity contribution is -0.159. The Balaban J connectivity index is 1.42. The summed E-state index contributed by atoms with van der Waals surface area (Å²) in [6.07, 6.45) is -4.43. The van der Waals surface area contributed by atoms with Crippen LogP contribution in [0.5, 0.6) is 5.75 Å². The molecule has 6 nitrogen and oxygen atoms in total. The molecule has 0 saturated carbocycles. The van der Waals surface area contributed by atoms with Crippen LogP contribution in [0.4, 0.5) is 17.6 Å². The van der Waals surface area contributed by atoms with Crippen molar-refractivity contribution in [1.29, 1.82) is 0 Å². The van der Waals surface area contributed by atoms with Crippen molar-refractivity contribution in [2.45, 2.75) is 18.7 Å². The number of carbonyl (C=O) groups excluding carboxylic acids is 1. The SMILES string of the molecule is O=C(c1ccc(F)cc1)N1CC[C@H](Oc2cccc(-c3noc(C(F)(F)F)n3)c2)C1. The number of nitrogens with zero attached hydrogens (tertiary/aromatic N) is 3. The molecule has 0 spiro atoms. The fraction of sp³-hybridized carbons (Fsp3) is 0.250. The van der Waals surface area contributed by atoms with Crippen molar-refractivity contribution >= 4 is 5.91 Å². The number of benzene rings is 2. The maximum Gasteiger partial charge on any atom is 0.471 e. The van der Waals surface area contributed by atoms with Crippen molar-refractivity contribution in [1.82, 2.24) is 15.0 Å². The van der Waals surface area contributed by atoms with Gasteiger partial charge >= 0.3 is 12.1 Å². The molecule has 0 bridgehead atoms. The van der Waals surface area contributed by atoms with E-state index >= 15 is 0 Å². The maximum atomic E-state index is 13.0. The lowest BCUT2D eigenvalue weighted by Gasteiger charge is -2.17. The highest BCUT2D eigenvalue weighted by molar-refractivity contribution is 5.94. The molecule has 1 amide bonds. The number of carbonyl (C=O) groups is 1. The zero-order chi connectivity index (χ0) is 21.3. The van der Waals surface area contributed by atoms with Crippen molar-refractivity contribution in [3.63, 3.8) is 0 Å². The molecule has 30 heavy (non-hydrogen) atoms. The molecule has 0 radical (unpaired) electrons. The van der Waals surface area contributed by atoms with Gasteiger partial charge in [0.1, 0.15) is 17.7 Å². The molecule has 2 aromatic carbocycles. The van der Waals surface area contributed by atoms with E-state index in [1.165, 1.54) is 36.4 Å². The van der Waals surface area contributed by atoms with Crippen LogP contribution in [0.2, 0.25) is 0 Å². The van der Waals surface area contributed by atoms with Gasteiger partial charge in [-0.25, -0.2) is 4.39 Å². The first kappa shape index (κ1) is 19.9. The van der Waals surface area contributed by atoms with Crippen LogP contribution in [-0.2, 0) is 6.18 Å². The Bertz CT molecular complexity index is 1050. The number of ether oxygens (including phenoxy) is 1. The first-order valence-electron chi connectivity index (χ1n) is 9.02. The van der Waals surface area contributed by atoms with E-state index in [1.54, 1.807) is 17.0 Å². The van der Waals surface area contributed by atoms with Crippen molar-refractivity contribution in [2.75, 3.05) is 13.1 Å². The topological polar surface area (TPSA) is 68.5 Å². The van der Waals surface area contributed by atoms with Crippen LogP contribution < -0.4 is 4.74 Å². The number of hydrogen-bond donors (Lipinski definition) is 0. The molecule has 1 aliphatic heterocycles. The molecule has 1 aliphatic rings. The van der Waals surface area contributed by atoms with Crippen LogP contribution in [0.3, 0.4) is 0 Å². The molecule has 1 fully saturated rings. The fourth-order valence-corrected chi connectivity index (χ4v) is 3.14. The van der Waals surface area contributed by atoms with Gasteiger partial charge in [-0.05, 0) is 36.4 Å². The molecule has 10 heteroatoms. The predicted octanol–water partition coefficient (Wildman–Crippen LogP) is 4.19. The van der Waals surface area contributed by atoms with E-state index in [9.17, 15) is 22.4 Å². The number of likely N-dealkylation sites (tertiary alicyclic amines) is 1. The van der Waals surface area contributed by atoms with Gasteiger partial charge < -0.3 is 14.2 Å². The number of amides is 1. The molecule has 4 rings (SSSR count). The lowest BCUT2D eigenvalue weighted by atomic mass is 10.2. The molecule has 1 aromatic heterocycles. The average Bonchev–Trinajstić information content (AvgIpc) is 3.38. The van der Waals surface area contributed by atoms with Gasteiger partial charge in [-0.1, -0.05) is 17.3 Å². The highest BCUT2D eigenvalue weighted by Gasteiger charge is 2.38. The summed E-state index contributed by atoms with van der Waals surface area (Å²) in [6, 6.07) is 11.6. The van der Waals surface area contributed by atoms with Gasteiger partial charge in [0, 0.05) is 24.1 Å². The third-order valence-corrected chi connectivity index (χ3v) is 4.59. The molecule has 1 atom stereocenters. The summed E-state index contributed by atoms with van der Waals surface area (Å²) in [5.74, 6) is -1.85. The Morgan fingerprint density at radius 2 is 1.93 bits per heavy atom. The van der Waals surface area contributed by atoms with E-state index in [0.29, 0.717) is 36.4 Å². The summed E-state index contributed by atoms with van der Waals surface area (Å²) in [5, 5.41) is 3.36. The van der Waals surface area contributed by atoms with Gasteiger partial charge in [-0.15, -0.1) is 0 Å². The summed E-state index contributed by atoms with van der Waals surface area (Å²) in [4.78, 5) is 17.5. The zero-order valence-corrected chi connectivity index (χ0v) is 15.4. The third-order valence-electron chi connectivity index (χ3n) is 4.59. The van der Waals surface area contributed by atoms with Crippen LogP contribution in [0.1, 0.15) is 22.7 Å².